The molecule has 1 aromatic carbocycles. The summed E-state index contributed by atoms with van der Waals surface area (Å²) in [6.07, 6.45) is -3.11. The van der Waals surface area contributed by atoms with Crippen LogP contribution in [0, 0.1) is 0 Å². The van der Waals surface area contributed by atoms with Crippen molar-refractivity contribution in [3.63, 3.8) is 0 Å². The van der Waals surface area contributed by atoms with Gasteiger partial charge in [0.1, 0.15) is 6.26 Å². The number of carbonyl (C=O) groups is 1. The highest BCUT2D eigenvalue weighted by Gasteiger charge is 2.34. The Morgan fingerprint density at radius 3 is 2.68 bits per heavy atom. The van der Waals surface area contributed by atoms with Crippen LogP contribution in [0.15, 0.2) is 40.5 Å². The molecule has 0 aliphatic carbocycles. The van der Waals surface area contributed by atoms with Crippen molar-refractivity contribution in [3.8, 4) is 0 Å². The molecule has 0 unspecified atom stereocenters. The predicted octanol–water partition coefficient (Wildman–Crippen LogP) is 3.79. The van der Waals surface area contributed by atoms with E-state index >= 15 is 0 Å². The first-order valence-corrected chi connectivity index (χ1v) is 7.34. The zero-order chi connectivity index (χ0) is 16.3. The molecule has 118 valence electrons. The minimum Gasteiger partial charge on any atom is -0.500 e. The van der Waals surface area contributed by atoms with Crippen molar-refractivity contribution in [2.45, 2.75) is 13.1 Å². The van der Waals surface area contributed by atoms with Gasteiger partial charge in [0.15, 0.2) is 0 Å². The van der Waals surface area contributed by atoms with Crippen molar-refractivity contribution in [3.05, 3.63) is 51.6 Å². The van der Waals surface area contributed by atoms with Crippen LogP contribution in [0.3, 0.4) is 0 Å². The minimum atomic E-state index is -4.45. The first-order valence-electron chi connectivity index (χ1n) is 6.52. The maximum Gasteiger partial charge on any atom is 0.416 e. The summed E-state index contributed by atoms with van der Waals surface area (Å²) in [5.74, 6) is -0.345. The molecule has 0 radical (unpaired) electrons. The van der Waals surface area contributed by atoms with E-state index in [4.69, 9.17) is 4.74 Å². The third-order valence-corrected chi connectivity index (χ3v) is 4.07. The van der Waals surface area contributed by atoms with Gasteiger partial charge in [0.05, 0.1) is 27.7 Å². The fraction of sp³-hybridized carbons (Fsp3) is 0.267. The highest BCUT2D eigenvalue weighted by Crippen LogP contribution is 2.42. The molecule has 0 saturated carbocycles. The standard InChI is InChI=1S/C15H14F3NO2S/c1-3-21-8-11-13(20)12(14(19-2)22-11)9-5-4-6-10(7-9)15(16,17)18/h4-8,19H,3H2,1-2H3/b11-8-. The lowest BCUT2D eigenvalue weighted by Gasteiger charge is -2.09. The van der Waals surface area contributed by atoms with E-state index in [2.05, 4.69) is 5.32 Å². The van der Waals surface area contributed by atoms with Gasteiger partial charge in [-0.15, -0.1) is 0 Å². The van der Waals surface area contributed by atoms with Gasteiger partial charge < -0.3 is 10.1 Å². The molecule has 1 aliphatic rings. The van der Waals surface area contributed by atoms with Crippen LogP contribution in [-0.4, -0.2) is 19.4 Å². The van der Waals surface area contributed by atoms with Gasteiger partial charge in [0.2, 0.25) is 5.78 Å². The molecular formula is C15H14F3NO2S. The number of rotatable bonds is 4. The number of hydrogen-bond acceptors (Lipinski definition) is 4. The van der Waals surface area contributed by atoms with Gasteiger partial charge in [-0.1, -0.05) is 23.9 Å². The van der Waals surface area contributed by atoms with Gasteiger partial charge >= 0.3 is 6.18 Å². The quantitative estimate of drug-likeness (QED) is 0.674. The Bertz CT molecular complexity index is 650. The van der Waals surface area contributed by atoms with Crippen LogP contribution in [0.4, 0.5) is 13.2 Å². The van der Waals surface area contributed by atoms with Crippen molar-refractivity contribution >= 4 is 23.1 Å². The van der Waals surface area contributed by atoms with E-state index in [-0.39, 0.29) is 16.9 Å². The fourth-order valence-corrected chi connectivity index (χ4v) is 2.90. The monoisotopic (exact) mass is 329 g/mol. The van der Waals surface area contributed by atoms with Gasteiger partial charge in [-0.3, -0.25) is 4.79 Å². The maximum atomic E-state index is 12.8. The van der Waals surface area contributed by atoms with Crippen molar-refractivity contribution in [2.24, 2.45) is 0 Å². The SMILES string of the molecule is CCO/C=C1\SC(NC)=C(c2cccc(C(F)(F)F)c2)C1=O. The predicted molar refractivity (Wildman–Crippen MR) is 79.7 cm³/mol. The largest absolute Gasteiger partial charge is 0.500 e. The molecule has 1 aliphatic heterocycles. The van der Waals surface area contributed by atoms with Gasteiger partial charge in [-0.25, -0.2) is 0 Å². The number of carbonyl (C=O) groups excluding carboxylic acids is 1. The summed E-state index contributed by atoms with van der Waals surface area (Å²) in [5, 5.41) is 3.36. The summed E-state index contributed by atoms with van der Waals surface area (Å²) in [4.78, 5) is 12.7. The molecule has 1 aromatic rings. The number of Topliss-reactive ketones (excluding diaryl/α,β-unsaturated/α-hetero) is 1. The molecule has 0 amide bonds. The number of allylic oxidation sites excluding steroid dienone is 2. The fourth-order valence-electron chi connectivity index (χ4n) is 1.96. The van der Waals surface area contributed by atoms with Crippen LogP contribution in [0.1, 0.15) is 18.1 Å². The summed E-state index contributed by atoms with van der Waals surface area (Å²) in [6, 6.07) is 4.74. The molecule has 0 saturated heterocycles. The number of halogens is 3. The average Bonchev–Trinajstić information content (AvgIpc) is 2.80. The number of hydrogen-bond donors (Lipinski definition) is 1. The van der Waals surface area contributed by atoms with Gasteiger partial charge in [0, 0.05) is 7.05 Å². The lowest BCUT2D eigenvalue weighted by Crippen LogP contribution is -2.08. The Hall–Kier alpha value is -1.89. The smallest absolute Gasteiger partial charge is 0.416 e. The number of benzene rings is 1. The topological polar surface area (TPSA) is 38.3 Å². The Morgan fingerprint density at radius 1 is 1.36 bits per heavy atom. The second kappa shape index (κ2) is 6.48. The molecule has 7 heteroatoms. The molecule has 0 aromatic heterocycles. The Labute approximate surface area is 130 Å². The first kappa shape index (κ1) is 16.5. The van der Waals surface area contributed by atoms with E-state index in [1.165, 1.54) is 18.4 Å². The van der Waals surface area contributed by atoms with Crippen LogP contribution in [0.5, 0.6) is 0 Å². The van der Waals surface area contributed by atoms with Gasteiger partial charge in [-0.2, -0.15) is 13.2 Å². The van der Waals surface area contributed by atoms with E-state index in [1.54, 1.807) is 14.0 Å². The number of alkyl halides is 3. The van der Waals surface area contributed by atoms with Crippen molar-refractivity contribution in [1.29, 1.82) is 0 Å². The van der Waals surface area contributed by atoms with Crippen molar-refractivity contribution < 1.29 is 22.7 Å². The maximum absolute atomic E-state index is 12.8. The molecule has 0 atom stereocenters. The zero-order valence-electron chi connectivity index (χ0n) is 12.0. The van der Waals surface area contributed by atoms with Gasteiger partial charge in [0.25, 0.3) is 0 Å². The van der Waals surface area contributed by atoms with Crippen molar-refractivity contribution in [1.82, 2.24) is 5.32 Å². The normalized spacial score (nSPS) is 17.3. The summed E-state index contributed by atoms with van der Waals surface area (Å²) in [7, 11) is 1.62. The summed E-state index contributed by atoms with van der Waals surface area (Å²) < 4.78 is 43.6. The number of ether oxygens (including phenoxy) is 1. The molecule has 0 bridgehead atoms. The second-order valence-electron chi connectivity index (χ2n) is 4.40. The molecule has 0 fully saturated rings. The van der Waals surface area contributed by atoms with E-state index in [9.17, 15) is 18.0 Å². The highest BCUT2D eigenvalue weighted by atomic mass is 32.2. The van der Waals surface area contributed by atoms with Crippen LogP contribution in [-0.2, 0) is 15.7 Å². The first-order chi connectivity index (χ1) is 10.4. The molecule has 2 rings (SSSR count). The van der Waals surface area contributed by atoms with Crippen molar-refractivity contribution in [2.75, 3.05) is 13.7 Å². The minimum absolute atomic E-state index is 0.226. The third kappa shape index (κ3) is 3.30. The van der Waals surface area contributed by atoms with Crippen LogP contribution < -0.4 is 5.32 Å². The Morgan fingerprint density at radius 2 is 2.09 bits per heavy atom. The van der Waals surface area contributed by atoms with E-state index in [0.717, 1.165) is 23.9 Å². The Balaban J connectivity index is 2.44. The third-order valence-electron chi connectivity index (χ3n) is 2.95. The summed E-state index contributed by atoms with van der Waals surface area (Å²) >= 11 is 1.15. The molecule has 1 N–H and O–H groups in total. The zero-order valence-corrected chi connectivity index (χ0v) is 12.8. The molecule has 3 nitrogen and oxygen atoms in total. The van der Waals surface area contributed by atoms with E-state index < -0.39 is 11.7 Å². The molecule has 1 heterocycles. The lowest BCUT2D eigenvalue weighted by atomic mass is 10.00. The van der Waals surface area contributed by atoms with Crippen LogP contribution >= 0.6 is 11.8 Å². The van der Waals surface area contributed by atoms with Crippen LogP contribution in [0.25, 0.3) is 5.57 Å². The van der Waals surface area contributed by atoms with Crippen LogP contribution in [0.2, 0.25) is 0 Å². The Kier molecular flexibility index (Phi) is 4.85. The summed E-state index contributed by atoms with van der Waals surface area (Å²) in [5.41, 5.74) is -0.325. The van der Waals surface area contributed by atoms with E-state index in [0.29, 0.717) is 16.5 Å². The summed E-state index contributed by atoms with van der Waals surface area (Å²) in [6.45, 7) is 2.19. The average molecular weight is 329 g/mol. The number of nitrogens with one attached hydrogen (secondary N) is 1. The molecular weight excluding hydrogens is 315 g/mol. The second-order valence-corrected chi connectivity index (χ2v) is 5.45. The van der Waals surface area contributed by atoms with Gasteiger partial charge in [-0.05, 0) is 24.6 Å². The number of thioether (sulfide) groups is 1. The lowest BCUT2D eigenvalue weighted by molar-refractivity contribution is -0.137. The highest BCUT2D eigenvalue weighted by molar-refractivity contribution is 8.08. The molecule has 0 spiro atoms. The molecule has 22 heavy (non-hydrogen) atoms. The number of ketones is 1. The van der Waals surface area contributed by atoms with E-state index in [1.807, 2.05) is 0 Å².